The van der Waals surface area contributed by atoms with Crippen LogP contribution in [-0.4, -0.2) is 11.2 Å². The van der Waals surface area contributed by atoms with Crippen molar-refractivity contribution in [2.75, 3.05) is 0 Å². The molecule has 1 fully saturated rings. The second-order valence-corrected chi connectivity index (χ2v) is 4.92. The van der Waals surface area contributed by atoms with Crippen molar-refractivity contribution in [2.45, 2.75) is 40.2 Å². The van der Waals surface area contributed by atoms with E-state index < -0.39 is 0 Å². The summed E-state index contributed by atoms with van der Waals surface area (Å²) in [6, 6.07) is 0. The van der Waals surface area contributed by atoms with Crippen LogP contribution < -0.4 is 0 Å². The Kier molecular flexibility index (Phi) is 2.35. The Labute approximate surface area is 75.5 Å². The topological polar surface area (TPSA) is 20.2 Å². The van der Waals surface area contributed by atoms with Crippen LogP contribution in [0.15, 0.2) is 12.2 Å². The van der Waals surface area contributed by atoms with Gasteiger partial charge in [-0.15, -0.1) is 0 Å². The molecule has 0 aliphatic heterocycles. The third-order valence-electron chi connectivity index (χ3n) is 2.84. The molecule has 0 spiro atoms. The molecule has 1 N–H and O–H groups in total. The van der Waals surface area contributed by atoms with E-state index in [1.807, 2.05) is 6.92 Å². The minimum atomic E-state index is -0.165. The zero-order valence-corrected chi connectivity index (χ0v) is 8.59. The van der Waals surface area contributed by atoms with Gasteiger partial charge >= 0.3 is 0 Å². The van der Waals surface area contributed by atoms with E-state index in [1.165, 1.54) is 5.57 Å². The lowest BCUT2D eigenvalue weighted by Crippen LogP contribution is -2.15. The molecule has 0 unspecified atom stereocenters. The van der Waals surface area contributed by atoms with Crippen molar-refractivity contribution in [2.24, 2.45) is 17.3 Å². The van der Waals surface area contributed by atoms with E-state index in [1.54, 1.807) is 0 Å². The first kappa shape index (κ1) is 9.79. The molecule has 0 bridgehead atoms. The van der Waals surface area contributed by atoms with Crippen molar-refractivity contribution < 1.29 is 5.11 Å². The number of hydrogen-bond donors (Lipinski definition) is 1. The SMILES string of the molecule is C=C1[C@@H]([C@H](O)CC)[C@@H]1C(C)(C)C. The summed E-state index contributed by atoms with van der Waals surface area (Å²) in [6.45, 7) is 12.7. The molecule has 0 aromatic carbocycles. The van der Waals surface area contributed by atoms with Crippen LogP contribution in [0.1, 0.15) is 34.1 Å². The molecule has 0 saturated heterocycles. The average molecular weight is 168 g/mol. The predicted molar refractivity (Wildman–Crippen MR) is 51.9 cm³/mol. The molecule has 70 valence electrons. The van der Waals surface area contributed by atoms with Gasteiger partial charge in [0.2, 0.25) is 0 Å². The average Bonchev–Trinajstić information content (AvgIpc) is 2.59. The molecule has 0 amide bonds. The first-order chi connectivity index (χ1) is 5.39. The highest BCUT2D eigenvalue weighted by atomic mass is 16.3. The molecule has 3 atom stereocenters. The van der Waals surface area contributed by atoms with Crippen LogP contribution in [0, 0.1) is 17.3 Å². The number of aliphatic hydroxyl groups excluding tert-OH is 1. The maximum absolute atomic E-state index is 9.64. The Bertz CT molecular complexity index is 188. The van der Waals surface area contributed by atoms with Crippen LogP contribution in [-0.2, 0) is 0 Å². The minimum Gasteiger partial charge on any atom is -0.392 e. The largest absolute Gasteiger partial charge is 0.392 e. The molecule has 1 heteroatoms. The maximum Gasteiger partial charge on any atom is 0.0608 e. The van der Waals surface area contributed by atoms with E-state index in [4.69, 9.17) is 0 Å². The van der Waals surface area contributed by atoms with Gasteiger partial charge in [-0.3, -0.25) is 0 Å². The van der Waals surface area contributed by atoms with E-state index in [0.717, 1.165) is 6.42 Å². The van der Waals surface area contributed by atoms with Gasteiger partial charge in [0.15, 0.2) is 0 Å². The smallest absolute Gasteiger partial charge is 0.0608 e. The second-order valence-electron chi connectivity index (χ2n) is 4.92. The van der Waals surface area contributed by atoms with E-state index in [-0.39, 0.29) is 11.5 Å². The molecule has 1 nitrogen and oxygen atoms in total. The molecule has 0 aromatic rings. The number of hydrogen-bond acceptors (Lipinski definition) is 1. The summed E-state index contributed by atoms with van der Waals surface area (Å²) in [6.07, 6.45) is 0.678. The molecule has 0 radical (unpaired) electrons. The number of rotatable bonds is 2. The molecule has 0 heterocycles. The first-order valence-corrected chi connectivity index (χ1v) is 4.76. The Morgan fingerprint density at radius 1 is 1.50 bits per heavy atom. The summed E-state index contributed by atoms with van der Waals surface area (Å²) in [5, 5.41) is 9.64. The lowest BCUT2D eigenvalue weighted by Gasteiger charge is -2.18. The fourth-order valence-corrected chi connectivity index (χ4v) is 2.16. The number of aliphatic hydroxyl groups is 1. The van der Waals surface area contributed by atoms with Crippen molar-refractivity contribution in [3.63, 3.8) is 0 Å². The monoisotopic (exact) mass is 168 g/mol. The summed E-state index contributed by atoms with van der Waals surface area (Å²) in [5.74, 6) is 0.905. The molecular weight excluding hydrogens is 148 g/mol. The van der Waals surface area contributed by atoms with E-state index in [2.05, 4.69) is 27.4 Å². The Morgan fingerprint density at radius 3 is 2.25 bits per heavy atom. The van der Waals surface area contributed by atoms with E-state index >= 15 is 0 Å². The van der Waals surface area contributed by atoms with Crippen LogP contribution in [0.3, 0.4) is 0 Å². The van der Waals surface area contributed by atoms with Gasteiger partial charge in [-0.05, 0) is 17.8 Å². The molecular formula is C11H20O. The normalized spacial score (nSPS) is 31.9. The lowest BCUT2D eigenvalue weighted by atomic mass is 9.87. The van der Waals surface area contributed by atoms with Gasteiger partial charge in [-0.25, -0.2) is 0 Å². The van der Waals surface area contributed by atoms with Gasteiger partial charge in [0.1, 0.15) is 0 Å². The van der Waals surface area contributed by atoms with Crippen LogP contribution in [0.4, 0.5) is 0 Å². The summed E-state index contributed by atoms with van der Waals surface area (Å²) >= 11 is 0. The summed E-state index contributed by atoms with van der Waals surface area (Å²) in [7, 11) is 0. The van der Waals surface area contributed by atoms with E-state index in [0.29, 0.717) is 11.8 Å². The Morgan fingerprint density at radius 2 is 2.00 bits per heavy atom. The van der Waals surface area contributed by atoms with Gasteiger partial charge in [0.05, 0.1) is 6.10 Å². The standard InChI is InChI=1S/C11H20O/c1-6-8(12)9-7(2)10(9)11(3,4)5/h8-10,12H,2,6H2,1,3-5H3/t8-,9+,10-/m1/s1. The van der Waals surface area contributed by atoms with E-state index in [9.17, 15) is 5.11 Å². The zero-order valence-electron chi connectivity index (χ0n) is 8.59. The van der Waals surface area contributed by atoms with Crippen molar-refractivity contribution in [3.05, 3.63) is 12.2 Å². The van der Waals surface area contributed by atoms with Gasteiger partial charge in [-0.1, -0.05) is 39.8 Å². The van der Waals surface area contributed by atoms with Gasteiger partial charge in [-0.2, -0.15) is 0 Å². The first-order valence-electron chi connectivity index (χ1n) is 4.76. The van der Waals surface area contributed by atoms with Crippen molar-refractivity contribution in [1.82, 2.24) is 0 Å². The lowest BCUT2D eigenvalue weighted by molar-refractivity contribution is 0.129. The fraction of sp³-hybridized carbons (Fsp3) is 0.818. The van der Waals surface area contributed by atoms with Crippen molar-refractivity contribution in [1.29, 1.82) is 0 Å². The van der Waals surface area contributed by atoms with Gasteiger partial charge in [0, 0.05) is 5.92 Å². The molecule has 1 saturated carbocycles. The fourth-order valence-electron chi connectivity index (χ4n) is 2.16. The zero-order chi connectivity index (χ0) is 9.52. The predicted octanol–water partition coefficient (Wildman–Crippen LogP) is 2.61. The highest BCUT2D eigenvalue weighted by molar-refractivity contribution is 5.30. The molecule has 1 aliphatic rings. The van der Waals surface area contributed by atoms with Crippen LogP contribution in [0.2, 0.25) is 0 Å². The highest BCUT2D eigenvalue weighted by Crippen LogP contribution is 2.56. The quantitative estimate of drug-likeness (QED) is 0.628. The Hall–Kier alpha value is -0.300. The van der Waals surface area contributed by atoms with Crippen LogP contribution >= 0.6 is 0 Å². The minimum absolute atomic E-state index is 0.165. The molecule has 0 aromatic heterocycles. The second kappa shape index (κ2) is 2.88. The molecule has 1 rings (SSSR count). The summed E-state index contributed by atoms with van der Waals surface area (Å²) < 4.78 is 0. The van der Waals surface area contributed by atoms with Crippen molar-refractivity contribution in [3.8, 4) is 0 Å². The summed E-state index contributed by atoms with van der Waals surface area (Å²) in [4.78, 5) is 0. The Balaban J connectivity index is 2.60. The van der Waals surface area contributed by atoms with Gasteiger partial charge < -0.3 is 5.11 Å². The van der Waals surface area contributed by atoms with Crippen molar-refractivity contribution >= 4 is 0 Å². The summed E-state index contributed by atoms with van der Waals surface area (Å²) in [5.41, 5.74) is 1.52. The highest BCUT2D eigenvalue weighted by Gasteiger charge is 2.52. The maximum atomic E-state index is 9.64. The molecule has 12 heavy (non-hydrogen) atoms. The third kappa shape index (κ3) is 1.56. The third-order valence-corrected chi connectivity index (χ3v) is 2.84. The van der Waals surface area contributed by atoms with Crippen LogP contribution in [0.25, 0.3) is 0 Å². The van der Waals surface area contributed by atoms with Gasteiger partial charge in [0.25, 0.3) is 0 Å². The molecule has 1 aliphatic carbocycles. The van der Waals surface area contributed by atoms with Crippen LogP contribution in [0.5, 0.6) is 0 Å².